The number of methoxy groups -OCH3 is 1. The molecule has 1 N–H and O–H groups in total. The summed E-state index contributed by atoms with van der Waals surface area (Å²) in [5.74, 6) is 1.48. The predicted molar refractivity (Wildman–Crippen MR) is 94.2 cm³/mol. The average molecular weight is 339 g/mol. The van der Waals surface area contributed by atoms with Crippen LogP contribution >= 0.6 is 11.6 Å². The maximum absolute atomic E-state index is 6.36. The largest absolute Gasteiger partial charge is 0.496 e. The Balaban J connectivity index is 1.87. The first-order valence-corrected chi connectivity index (χ1v) is 7.92. The monoisotopic (exact) mass is 338 g/mol. The minimum Gasteiger partial charge on any atom is -0.496 e. The van der Waals surface area contributed by atoms with E-state index in [2.05, 4.69) is 21.5 Å². The maximum Gasteiger partial charge on any atom is 0.226 e. The summed E-state index contributed by atoms with van der Waals surface area (Å²) in [6.07, 6.45) is 3.62. The van der Waals surface area contributed by atoms with Crippen LogP contribution in [0.3, 0.4) is 0 Å². The molecule has 6 heteroatoms. The van der Waals surface area contributed by atoms with Crippen LogP contribution in [0.5, 0.6) is 5.75 Å². The summed E-state index contributed by atoms with van der Waals surface area (Å²) in [6.45, 7) is 0. The normalized spacial score (nSPS) is 16.1. The lowest BCUT2D eigenvalue weighted by molar-refractivity contribution is 0.404. The standard InChI is InChI=1S/C18H15ClN4O/c1-24-17-9-5-3-7-13(17)16-10-15(12-6-2-4-8-14(12)19)22-18-20-11-21-23(16)18/h2-11,16H,1H3,(H,20,21,22). The van der Waals surface area contributed by atoms with E-state index in [1.54, 1.807) is 7.11 Å². The highest BCUT2D eigenvalue weighted by molar-refractivity contribution is 6.32. The Morgan fingerprint density at radius 3 is 2.75 bits per heavy atom. The number of hydrogen-bond acceptors (Lipinski definition) is 4. The Morgan fingerprint density at radius 1 is 1.12 bits per heavy atom. The van der Waals surface area contributed by atoms with Crippen LogP contribution in [-0.2, 0) is 0 Å². The van der Waals surface area contributed by atoms with E-state index in [1.165, 1.54) is 6.33 Å². The number of ether oxygens (including phenoxy) is 1. The number of rotatable bonds is 3. The number of hydrogen-bond donors (Lipinski definition) is 1. The molecule has 0 radical (unpaired) electrons. The summed E-state index contributed by atoms with van der Waals surface area (Å²) >= 11 is 6.36. The second-order valence-electron chi connectivity index (χ2n) is 5.40. The Kier molecular flexibility index (Phi) is 3.70. The van der Waals surface area contributed by atoms with Gasteiger partial charge in [0.15, 0.2) is 0 Å². The lowest BCUT2D eigenvalue weighted by atomic mass is 10.0. The number of allylic oxidation sites excluding steroid dienone is 1. The van der Waals surface area contributed by atoms with Gasteiger partial charge in [0, 0.05) is 21.8 Å². The van der Waals surface area contributed by atoms with Gasteiger partial charge in [-0.15, -0.1) is 0 Å². The molecule has 0 saturated heterocycles. The second-order valence-corrected chi connectivity index (χ2v) is 5.81. The highest BCUT2D eigenvalue weighted by Gasteiger charge is 2.26. The van der Waals surface area contributed by atoms with Crippen molar-refractivity contribution in [3.05, 3.63) is 77.1 Å². The van der Waals surface area contributed by atoms with Crippen molar-refractivity contribution in [2.24, 2.45) is 0 Å². The molecule has 1 aliphatic heterocycles. The number of benzene rings is 2. The van der Waals surface area contributed by atoms with E-state index < -0.39 is 0 Å². The fraction of sp³-hybridized carbons (Fsp3) is 0.111. The number of halogens is 1. The van der Waals surface area contributed by atoms with Crippen molar-refractivity contribution in [3.8, 4) is 5.75 Å². The fourth-order valence-corrected chi connectivity index (χ4v) is 3.14. The van der Waals surface area contributed by atoms with E-state index in [9.17, 15) is 0 Å². The Bertz CT molecular complexity index is 919. The molecule has 1 aromatic heterocycles. The zero-order chi connectivity index (χ0) is 16.5. The molecule has 0 spiro atoms. The van der Waals surface area contributed by atoms with E-state index in [-0.39, 0.29) is 6.04 Å². The molecule has 1 atom stereocenters. The third-order valence-electron chi connectivity index (χ3n) is 4.03. The number of para-hydroxylation sites is 1. The quantitative estimate of drug-likeness (QED) is 0.784. The van der Waals surface area contributed by atoms with Crippen molar-refractivity contribution in [1.29, 1.82) is 0 Å². The van der Waals surface area contributed by atoms with Crippen molar-refractivity contribution in [1.82, 2.24) is 14.8 Å². The van der Waals surface area contributed by atoms with Gasteiger partial charge in [-0.1, -0.05) is 48.0 Å². The van der Waals surface area contributed by atoms with Crippen LogP contribution in [0.4, 0.5) is 5.95 Å². The zero-order valence-corrected chi connectivity index (χ0v) is 13.7. The minimum absolute atomic E-state index is 0.133. The minimum atomic E-state index is -0.133. The molecular formula is C18H15ClN4O. The molecule has 24 heavy (non-hydrogen) atoms. The molecule has 4 rings (SSSR count). The summed E-state index contributed by atoms with van der Waals surface area (Å²) < 4.78 is 7.35. The van der Waals surface area contributed by atoms with Crippen LogP contribution in [0.15, 0.2) is 60.9 Å². The molecule has 0 saturated carbocycles. The third kappa shape index (κ3) is 2.43. The number of fused-ring (bicyclic) bond motifs is 1. The number of anilines is 1. The van der Waals surface area contributed by atoms with Gasteiger partial charge in [0.25, 0.3) is 0 Å². The van der Waals surface area contributed by atoms with Gasteiger partial charge < -0.3 is 10.1 Å². The van der Waals surface area contributed by atoms with Crippen molar-refractivity contribution >= 4 is 23.2 Å². The first kappa shape index (κ1) is 14.8. The number of aromatic nitrogens is 3. The molecule has 120 valence electrons. The molecule has 2 heterocycles. The van der Waals surface area contributed by atoms with E-state index in [4.69, 9.17) is 16.3 Å². The molecule has 0 fully saturated rings. The van der Waals surface area contributed by atoms with Crippen molar-refractivity contribution < 1.29 is 4.74 Å². The molecule has 0 amide bonds. The van der Waals surface area contributed by atoms with Crippen LogP contribution < -0.4 is 10.1 Å². The third-order valence-corrected chi connectivity index (χ3v) is 4.36. The van der Waals surface area contributed by atoms with Crippen LogP contribution in [0.2, 0.25) is 5.02 Å². The topological polar surface area (TPSA) is 52.0 Å². The van der Waals surface area contributed by atoms with Crippen LogP contribution in [0.1, 0.15) is 17.2 Å². The van der Waals surface area contributed by atoms with Gasteiger partial charge in [-0.3, -0.25) is 0 Å². The van der Waals surface area contributed by atoms with Gasteiger partial charge in [-0.25, -0.2) is 4.68 Å². The first-order valence-electron chi connectivity index (χ1n) is 7.54. The van der Waals surface area contributed by atoms with Gasteiger partial charge in [0.05, 0.1) is 7.11 Å². The van der Waals surface area contributed by atoms with Gasteiger partial charge in [0.1, 0.15) is 18.1 Å². The van der Waals surface area contributed by atoms with Crippen LogP contribution in [0, 0.1) is 0 Å². The molecule has 1 aliphatic rings. The van der Waals surface area contributed by atoms with E-state index in [0.29, 0.717) is 11.0 Å². The maximum atomic E-state index is 6.36. The van der Waals surface area contributed by atoms with E-state index in [0.717, 1.165) is 22.6 Å². The summed E-state index contributed by atoms with van der Waals surface area (Å²) in [6, 6.07) is 15.5. The lowest BCUT2D eigenvalue weighted by Crippen LogP contribution is -2.20. The van der Waals surface area contributed by atoms with Gasteiger partial charge in [-0.05, 0) is 18.2 Å². The van der Waals surface area contributed by atoms with Crippen molar-refractivity contribution in [2.45, 2.75) is 6.04 Å². The van der Waals surface area contributed by atoms with Crippen LogP contribution in [0.25, 0.3) is 5.70 Å². The molecule has 1 unspecified atom stereocenters. The molecule has 2 aromatic carbocycles. The van der Waals surface area contributed by atoms with E-state index >= 15 is 0 Å². The zero-order valence-electron chi connectivity index (χ0n) is 13.0. The molecular weight excluding hydrogens is 324 g/mol. The summed E-state index contributed by atoms with van der Waals surface area (Å²) in [5, 5.41) is 8.33. The Hall–Kier alpha value is -2.79. The smallest absolute Gasteiger partial charge is 0.226 e. The summed E-state index contributed by atoms with van der Waals surface area (Å²) in [5.41, 5.74) is 2.84. The predicted octanol–water partition coefficient (Wildman–Crippen LogP) is 4.00. The Labute approximate surface area is 144 Å². The second kappa shape index (κ2) is 6.02. The SMILES string of the molecule is COc1ccccc1C1C=C(c2ccccc2Cl)Nc2ncnn21. The molecule has 3 aromatic rings. The van der Waals surface area contributed by atoms with Crippen molar-refractivity contribution in [2.75, 3.05) is 12.4 Å². The lowest BCUT2D eigenvalue weighted by Gasteiger charge is -2.25. The van der Waals surface area contributed by atoms with E-state index in [1.807, 2.05) is 53.2 Å². The number of nitrogens with zero attached hydrogens (tertiary/aromatic N) is 3. The van der Waals surface area contributed by atoms with Gasteiger partial charge >= 0.3 is 0 Å². The first-order chi connectivity index (χ1) is 11.8. The van der Waals surface area contributed by atoms with Crippen LogP contribution in [-0.4, -0.2) is 21.9 Å². The molecule has 0 bridgehead atoms. The van der Waals surface area contributed by atoms with Gasteiger partial charge in [-0.2, -0.15) is 10.1 Å². The average Bonchev–Trinajstić information content (AvgIpc) is 3.10. The number of nitrogens with one attached hydrogen (secondary N) is 1. The highest BCUT2D eigenvalue weighted by atomic mass is 35.5. The highest BCUT2D eigenvalue weighted by Crippen LogP contribution is 2.37. The van der Waals surface area contributed by atoms with Crippen molar-refractivity contribution in [3.63, 3.8) is 0 Å². The van der Waals surface area contributed by atoms with Gasteiger partial charge in [0.2, 0.25) is 5.95 Å². The fourth-order valence-electron chi connectivity index (χ4n) is 2.90. The molecule has 0 aliphatic carbocycles. The summed E-state index contributed by atoms with van der Waals surface area (Å²) in [7, 11) is 1.67. The Morgan fingerprint density at radius 2 is 1.92 bits per heavy atom. The summed E-state index contributed by atoms with van der Waals surface area (Å²) in [4.78, 5) is 4.31. The molecule has 5 nitrogen and oxygen atoms in total.